The molecule has 3 rings (SSSR count). The maximum atomic E-state index is 13.4. The van der Waals surface area contributed by atoms with Gasteiger partial charge in [0, 0.05) is 51.0 Å². The van der Waals surface area contributed by atoms with Crippen molar-refractivity contribution < 1.29 is 9.18 Å². The van der Waals surface area contributed by atoms with Crippen LogP contribution in [0.2, 0.25) is 0 Å². The van der Waals surface area contributed by atoms with Crippen LogP contribution < -0.4 is 16.2 Å². The molecule has 2 amide bonds. The molecule has 3 N–H and O–H groups in total. The second kappa shape index (κ2) is 8.96. The van der Waals surface area contributed by atoms with Gasteiger partial charge in [0.15, 0.2) is 0 Å². The summed E-state index contributed by atoms with van der Waals surface area (Å²) in [6, 6.07) is 7.04. The molecule has 2 heterocycles. The van der Waals surface area contributed by atoms with Gasteiger partial charge in [-0.15, -0.1) is 0 Å². The van der Waals surface area contributed by atoms with E-state index in [4.69, 9.17) is 0 Å². The average molecular weight is 374 g/mol. The van der Waals surface area contributed by atoms with Crippen LogP contribution in [0.15, 0.2) is 36.7 Å². The first-order valence-electron chi connectivity index (χ1n) is 9.24. The molecule has 1 fully saturated rings. The number of aryl methyl sites for hydroxylation is 1. The summed E-state index contributed by atoms with van der Waals surface area (Å²) in [5.74, 6) is -0.211. The number of amides is 2. The molecule has 0 radical (unpaired) electrons. The molecule has 1 aromatic heterocycles. The highest BCUT2D eigenvalue weighted by atomic mass is 19.1. The van der Waals surface area contributed by atoms with Gasteiger partial charge in [-0.25, -0.2) is 9.18 Å². The summed E-state index contributed by atoms with van der Waals surface area (Å²) in [4.78, 5) is 13.8. The maximum Gasteiger partial charge on any atom is 0.317 e. The lowest BCUT2D eigenvalue weighted by molar-refractivity contribution is 0.207. The molecule has 1 aromatic carbocycles. The average Bonchev–Trinajstić information content (AvgIpc) is 3.28. The van der Waals surface area contributed by atoms with Gasteiger partial charge in [-0.2, -0.15) is 5.10 Å². The Bertz CT molecular complexity index is 764. The molecule has 27 heavy (non-hydrogen) atoms. The molecule has 7 nitrogen and oxygen atoms in total. The first kappa shape index (κ1) is 19.3. The largest absolute Gasteiger partial charge is 0.334 e. The minimum absolute atomic E-state index is 0.0889. The van der Waals surface area contributed by atoms with E-state index in [1.54, 1.807) is 35.0 Å². The van der Waals surface area contributed by atoms with Crippen LogP contribution in [0.1, 0.15) is 36.4 Å². The number of hydrazine groups is 1. The fourth-order valence-electron chi connectivity index (χ4n) is 3.31. The van der Waals surface area contributed by atoms with E-state index in [9.17, 15) is 9.18 Å². The molecule has 2 unspecified atom stereocenters. The van der Waals surface area contributed by atoms with Gasteiger partial charge in [0.05, 0.1) is 6.20 Å². The number of aromatic nitrogens is 2. The van der Waals surface area contributed by atoms with Gasteiger partial charge >= 0.3 is 6.03 Å². The quantitative estimate of drug-likeness (QED) is 0.694. The van der Waals surface area contributed by atoms with Crippen LogP contribution in [0.3, 0.4) is 0 Å². The molecule has 1 aliphatic heterocycles. The molecule has 2 atom stereocenters. The summed E-state index contributed by atoms with van der Waals surface area (Å²) in [6.45, 7) is 1.15. The number of nitrogens with one attached hydrogen (secondary N) is 3. The highest BCUT2D eigenvalue weighted by Crippen LogP contribution is 2.24. The summed E-state index contributed by atoms with van der Waals surface area (Å²) in [7, 11) is 3.65. The molecule has 1 saturated heterocycles. The van der Waals surface area contributed by atoms with E-state index in [0.717, 1.165) is 30.4 Å². The molecule has 2 aromatic rings. The van der Waals surface area contributed by atoms with Crippen molar-refractivity contribution in [3.05, 3.63) is 53.6 Å². The lowest BCUT2D eigenvalue weighted by Crippen LogP contribution is -2.38. The third kappa shape index (κ3) is 5.51. The first-order valence-corrected chi connectivity index (χ1v) is 9.24. The number of halogens is 1. The van der Waals surface area contributed by atoms with Gasteiger partial charge in [0.25, 0.3) is 0 Å². The zero-order valence-corrected chi connectivity index (χ0v) is 15.8. The maximum absolute atomic E-state index is 13.4. The van der Waals surface area contributed by atoms with Crippen molar-refractivity contribution in [3.8, 4) is 0 Å². The summed E-state index contributed by atoms with van der Waals surface area (Å²) in [5, 5.41) is 6.98. The fraction of sp³-hybridized carbons (Fsp3) is 0.474. The normalized spacial score (nSPS) is 19.2. The monoisotopic (exact) mass is 374 g/mol. The minimum Gasteiger partial charge on any atom is -0.334 e. The molecule has 0 bridgehead atoms. The number of nitrogens with zero attached hydrogens (tertiary/aromatic N) is 3. The fourth-order valence-corrected chi connectivity index (χ4v) is 3.31. The van der Waals surface area contributed by atoms with Crippen molar-refractivity contribution in [3.63, 3.8) is 0 Å². The highest BCUT2D eigenvalue weighted by Gasteiger charge is 2.25. The predicted molar refractivity (Wildman–Crippen MR) is 101 cm³/mol. The summed E-state index contributed by atoms with van der Waals surface area (Å²) < 4.78 is 15.1. The Morgan fingerprint density at radius 2 is 2.30 bits per heavy atom. The zero-order chi connectivity index (χ0) is 19.2. The van der Waals surface area contributed by atoms with E-state index < -0.39 is 0 Å². The Labute approximate surface area is 158 Å². The molecular formula is C19H27FN6O. The molecule has 1 aliphatic rings. The smallest absolute Gasteiger partial charge is 0.317 e. The Morgan fingerprint density at radius 1 is 1.44 bits per heavy atom. The summed E-state index contributed by atoms with van der Waals surface area (Å²) in [6.07, 6.45) is 6.37. The van der Waals surface area contributed by atoms with Gasteiger partial charge in [-0.1, -0.05) is 12.1 Å². The van der Waals surface area contributed by atoms with Gasteiger partial charge < -0.3 is 10.2 Å². The minimum atomic E-state index is -0.211. The van der Waals surface area contributed by atoms with E-state index in [-0.39, 0.29) is 17.9 Å². The number of rotatable bonds is 7. The standard InChI is InChI=1S/C19H27FN6O/c1-25(19(27)21-11-14-12-22-26(2)13-14)8-4-7-17-10-18(24-23-17)15-5-3-6-16(20)9-15/h3,5-6,9,12-13,17-18,23-24H,4,7-8,10-11H2,1-2H3,(H,21,27). The number of benzene rings is 1. The van der Waals surface area contributed by atoms with E-state index in [0.29, 0.717) is 19.1 Å². The van der Waals surface area contributed by atoms with Crippen molar-refractivity contribution in [1.82, 2.24) is 30.8 Å². The van der Waals surface area contributed by atoms with Crippen molar-refractivity contribution in [1.29, 1.82) is 0 Å². The molecule has 0 aliphatic carbocycles. The topological polar surface area (TPSA) is 74.2 Å². The van der Waals surface area contributed by atoms with E-state index in [1.165, 1.54) is 6.07 Å². The third-order valence-corrected chi connectivity index (χ3v) is 4.83. The van der Waals surface area contributed by atoms with Crippen LogP contribution >= 0.6 is 0 Å². The molecule has 0 saturated carbocycles. The zero-order valence-electron chi connectivity index (χ0n) is 15.8. The van der Waals surface area contributed by atoms with Gasteiger partial charge in [-0.3, -0.25) is 15.5 Å². The number of carbonyl (C=O) groups excluding carboxylic acids is 1. The Kier molecular flexibility index (Phi) is 6.41. The van der Waals surface area contributed by atoms with Gasteiger partial charge in [0.1, 0.15) is 5.82 Å². The van der Waals surface area contributed by atoms with Crippen molar-refractivity contribution in [2.75, 3.05) is 13.6 Å². The molecular weight excluding hydrogens is 347 g/mol. The summed E-state index contributed by atoms with van der Waals surface area (Å²) in [5.41, 5.74) is 8.44. The molecule has 8 heteroatoms. The van der Waals surface area contributed by atoms with E-state index >= 15 is 0 Å². The van der Waals surface area contributed by atoms with Crippen LogP contribution in [0, 0.1) is 5.82 Å². The number of carbonyl (C=O) groups is 1. The van der Waals surface area contributed by atoms with Crippen LogP contribution in [0.5, 0.6) is 0 Å². The van der Waals surface area contributed by atoms with Crippen molar-refractivity contribution in [2.45, 2.75) is 37.9 Å². The van der Waals surface area contributed by atoms with Gasteiger partial charge in [-0.05, 0) is 37.0 Å². The Morgan fingerprint density at radius 3 is 3.04 bits per heavy atom. The first-order chi connectivity index (χ1) is 13.0. The molecule has 0 spiro atoms. The lowest BCUT2D eigenvalue weighted by Gasteiger charge is -2.18. The van der Waals surface area contributed by atoms with Gasteiger partial charge in [0.2, 0.25) is 0 Å². The second-order valence-electron chi connectivity index (χ2n) is 7.07. The van der Waals surface area contributed by atoms with Crippen LogP contribution in [0.25, 0.3) is 0 Å². The lowest BCUT2D eigenvalue weighted by atomic mass is 9.99. The number of hydrogen-bond donors (Lipinski definition) is 3. The third-order valence-electron chi connectivity index (χ3n) is 4.83. The highest BCUT2D eigenvalue weighted by molar-refractivity contribution is 5.73. The summed E-state index contributed by atoms with van der Waals surface area (Å²) >= 11 is 0. The van der Waals surface area contributed by atoms with Crippen LogP contribution in [0.4, 0.5) is 9.18 Å². The van der Waals surface area contributed by atoms with Crippen molar-refractivity contribution in [2.24, 2.45) is 7.05 Å². The molecule has 146 valence electrons. The van der Waals surface area contributed by atoms with Crippen LogP contribution in [-0.2, 0) is 13.6 Å². The van der Waals surface area contributed by atoms with Crippen LogP contribution in [-0.4, -0.2) is 40.3 Å². The van der Waals surface area contributed by atoms with Crippen molar-refractivity contribution >= 4 is 6.03 Å². The number of hydrogen-bond acceptors (Lipinski definition) is 4. The Balaban J connectivity index is 1.35. The SMILES string of the molecule is CN(CCCC1CC(c2cccc(F)c2)NN1)C(=O)NCc1cnn(C)c1. The number of urea groups is 1. The van der Waals surface area contributed by atoms with E-state index in [2.05, 4.69) is 21.3 Å². The Hall–Kier alpha value is -2.45. The predicted octanol–water partition coefficient (Wildman–Crippen LogP) is 2.09. The van der Waals surface area contributed by atoms with E-state index in [1.807, 2.05) is 19.3 Å². The second-order valence-corrected chi connectivity index (χ2v) is 7.07.